The van der Waals surface area contributed by atoms with Gasteiger partial charge in [0.1, 0.15) is 5.75 Å². The lowest BCUT2D eigenvalue weighted by Gasteiger charge is -2.32. The second-order valence-corrected chi connectivity index (χ2v) is 6.35. The number of piperidine rings is 1. The molecule has 1 atom stereocenters. The van der Waals surface area contributed by atoms with Gasteiger partial charge in [0.15, 0.2) is 0 Å². The zero-order valence-corrected chi connectivity index (χ0v) is 15.5. The summed E-state index contributed by atoms with van der Waals surface area (Å²) in [6.07, 6.45) is 2.64. The Morgan fingerprint density at radius 2 is 2.27 bits per heavy atom. The van der Waals surface area contributed by atoms with Crippen molar-refractivity contribution in [3.63, 3.8) is 0 Å². The highest BCUT2D eigenvalue weighted by Crippen LogP contribution is 2.25. The van der Waals surface area contributed by atoms with Crippen LogP contribution in [-0.2, 0) is 4.79 Å². The van der Waals surface area contributed by atoms with Crippen molar-refractivity contribution in [3.8, 4) is 5.75 Å². The number of ether oxygens (including phenoxy) is 1. The first kappa shape index (κ1) is 19.3. The van der Waals surface area contributed by atoms with Crippen molar-refractivity contribution in [1.82, 2.24) is 10.2 Å². The predicted molar refractivity (Wildman–Crippen MR) is 94.9 cm³/mol. The summed E-state index contributed by atoms with van der Waals surface area (Å²) in [7, 11) is 1.96. The molecule has 124 valence electrons. The summed E-state index contributed by atoms with van der Waals surface area (Å²) in [4.78, 5) is 14.1. The minimum absolute atomic E-state index is 0. The van der Waals surface area contributed by atoms with Gasteiger partial charge in [-0.1, -0.05) is 6.07 Å². The third kappa shape index (κ3) is 5.45. The van der Waals surface area contributed by atoms with E-state index in [9.17, 15) is 4.79 Å². The molecule has 1 unspecified atom stereocenters. The second-order valence-electron chi connectivity index (χ2n) is 5.50. The van der Waals surface area contributed by atoms with Crippen LogP contribution in [0.4, 0.5) is 0 Å². The van der Waals surface area contributed by atoms with Gasteiger partial charge in [0.05, 0.1) is 17.5 Å². The molecule has 4 nitrogen and oxygen atoms in total. The number of benzene rings is 1. The summed E-state index contributed by atoms with van der Waals surface area (Å²) >= 11 is 3.48. The lowest BCUT2D eigenvalue weighted by Crippen LogP contribution is -2.47. The standard InChI is InChI=1S/C16H23BrN2O2.ClH/c1-12-5-6-15(14(17)10-12)21-9-7-16(20)19-8-3-4-13(11-19)18-2;/h5-6,10,13,18H,3-4,7-9,11H2,1-2H3;1H. The average molecular weight is 392 g/mol. The molecule has 0 bridgehead atoms. The van der Waals surface area contributed by atoms with E-state index in [4.69, 9.17) is 4.74 Å². The van der Waals surface area contributed by atoms with Crippen LogP contribution in [0.25, 0.3) is 0 Å². The van der Waals surface area contributed by atoms with Crippen molar-refractivity contribution in [2.45, 2.75) is 32.2 Å². The number of halogens is 2. The van der Waals surface area contributed by atoms with Crippen LogP contribution in [-0.4, -0.2) is 43.6 Å². The number of nitrogens with zero attached hydrogens (tertiary/aromatic N) is 1. The van der Waals surface area contributed by atoms with Gasteiger partial charge in [-0.05, 0) is 60.4 Å². The quantitative estimate of drug-likeness (QED) is 0.838. The van der Waals surface area contributed by atoms with Gasteiger partial charge < -0.3 is 15.0 Å². The molecule has 6 heteroatoms. The van der Waals surface area contributed by atoms with Gasteiger partial charge in [-0.15, -0.1) is 12.4 Å². The van der Waals surface area contributed by atoms with Crippen molar-refractivity contribution >= 4 is 34.2 Å². The van der Waals surface area contributed by atoms with E-state index in [1.165, 1.54) is 5.56 Å². The molecule has 22 heavy (non-hydrogen) atoms. The lowest BCUT2D eigenvalue weighted by molar-refractivity contribution is -0.133. The van der Waals surface area contributed by atoms with Crippen molar-refractivity contribution in [2.75, 3.05) is 26.7 Å². The molecule has 1 N–H and O–H groups in total. The normalized spacial score (nSPS) is 17.8. The van der Waals surface area contributed by atoms with Gasteiger partial charge in [-0.25, -0.2) is 0 Å². The molecule has 0 radical (unpaired) electrons. The van der Waals surface area contributed by atoms with Crippen LogP contribution in [0.2, 0.25) is 0 Å². The highest BCUT2D eigenvalue weighted by Gasteiger charge is 2.22. The van der Waals surface area contributed by atoms with E-state index >= 15 is 0 Å². The molecule has 0 saturated carbocycles. The molecule has 1 amide bonds. The first-order chi connectivity index (χ1) is 10.1. The molecule has 1 aromatic carbocycles. The van der Waals surface area contributed by atoms with Crippen molar-refractivity contribution in [3.05, 3.63) is 28.2 Å². The number of aryl methyl sites for hydroxylation is 1. The van der Waals surface area contributed by atoms with Crippen LogP contribution in [0.3, 0.4) is 0 Å². The Labute approximate surface area is 147 Å². The molecule has 0 aliphatic carbocycles. The number of likely N-dealkylation sites (N-methyl/N-ethyl adjacent to an activating group) is 1. The Morgan fingerprint density at radius 3 is 2.95 bits per heavy atom. The number of carbonyl (C=O) groups excluding carboxylic acids is 1. The Bertz CT molecular complexity index is 499. The van der Waals surface area contributed by atoms with E-state index in [2.05, 4.69) is 21.2 Å². The van der Waals surface area contributed by atoms with E-state index < -0.39 is 0 Å². The average Bonchev–Trinajstić information content (AvgIpc) is 2.49. The van der Waals surface area contributed by atoms with Gasteiger partial charge in [0, 0.05) is 19.1 Å². The molecule has 1 aliphatic rings. The molecular weight excluding hydrogens is 368 g/mol. The fourth-order valence-electron chi connectivity index (χ4n) is 2.57. The minimum Gasteiger partial charge on any atom is -0.492 e. The molecule has 1 aromatic rings. The van der Waals surface area contributed by atoms with Crippen LogP contribution in [0.15, 0.2) is 22.7 Å². The lowest BCUT2D eigenvalue weighted by atomic mass is 10.1. The van der Waals surface area contributed by atoms with E-state index in [1.807, 2.05) is 37.1 Å². The third-order valence-corrected chi connectivity index (χ3v) is 4.46. The largest absolute Gasteiger partial charge is 0.492 e. The monoisotopic (exact) mass is 390 g/mol. The summed E-state index contributed by atoms with van der Waals surface area (Å²) in [6.45, 7) is 4.13. The fraction of sp³-hybridized carbons (Fsp3) is 0.562. The zero-order chi connectivity index (χ0) is 15.2. The number of nitrogens with one attached hydrogen (secondary N) is 1. The highest BCUT2D eigenvalue weighted by molar-refractivity contribution is 9.10. The minimum atomic E-state index is 0. The Kier molecular flexibility index (Phi) is 8.21. The molecule has 1 fully saturated rings. The number of amides is 1. The Morgan fingerprint density at radius 1 is 1.50 bits per heavy atom. The Balaban J connectivity index is 0.00000242. The molecule has 1 aliphatic heterocycles. The van der Waals surface area contributed by atoms with Crippen LogP contribution in [0, 0.1) is 6.92 Å². The number of rotatable bonds is 5. The van der Waals surface area contributed by atoms with Gasteiger partial charge in [-0.2, -0.15) is 0 Å². The van der Waals surface area contributed by atoms with Crippen LogP contribution in [0.5, 0.6) is 5.75 Å². The topological polar surface area (TPSA) is 41.6 Å². The van der Waals surface area contributed by atoms with Gasteiger partial charge in [-0.3, -0.25) is 4.79 Å². The van der Waals surface area contributed by atoms with Crippen LogP contribution in [0.1, 0.15) is 24.8 Å². The third-order valence-electron chi connectivity index (χ3n) is 3.84. The van der Waals surface area contributed by atoms with Crippen molar-refractivity contribution < 1.29 is 9.53 Å². The number of likely N-dealkylation sites (tertiary alicyclic amines) is 1. The predicted octanol–water partition coefficient (Wildman–Crippen LogP) is 3.16. The maximum atomic E-state index is 12.2. The zero-order valence-electron chi connectivity index (χ0n) is 13.1. The molecule has 1 heterocycles. The molecular formula is C16H24BrClN2O2. The molecule has 0 aromatic heterocycles. The van der Waals surface area contributed by atoms with Gasteiger partial charge in [0.2, 0.25) is 5.91 Å². The smallest absolute Gasteiger partial charge is 0.226 e. The van der Waals surface area contributed by atoms with Gasteiger partial charge >= 0.3 is 0 Å². The first-order valence-corrected chi connectivity index (χ1v) is 8.23. The molecule has 2 rings (SSSR count). The van der Waals surface area contributed by atoms with Crippen molar-refractivity contribution in [2.24, 2.45) is 0 Å². The number of hydrogen-bond donors (Lipinski definition) is 1. The number of hydrogen-bond acceptors (Lipinski definition) is 3. The second kappa shape index (κ2) is 9.38. The molecule has 0 spiro atoms. The highest BCUT2D eigenvalue weighted by atomic mass is 79.9. The number of carbonyl (C=O) groups is 1. The summed E-state index contributed by atoms with van der Waals surface area (Å²) < 4.78 is 6.63. The van der Waals surface area contributed by atoms with E-state index in [0.29, 0.717) is 19.1 Å². The summed E-state index contributed by atoms with van der Waals surface area (Å²) in [5.74, 6) is 0.971. The van der Waals surface area contributed by atoms with E-state index in [0.717, 1.165) is 36.2 Å². The first-order valence-electron chi connectivity index (χ1n) is 7.44. The van der Waals surface area contributed by atoms with Gasteiger partial charge in [0.25, 0.3) is 0 Å². The summed E-state index contributed by atoms with van der Waals surface area (Å²) in [6, 6.07) is 6.38. The molecule has 1 saturated heterocycles. The summed E-state index contributed by atoms with van der Waals surface area (Å²) in [5, 5.41) is 3.25. The van der Waals surface area contributed by atoms with Crippen LogP contribution >= 0.6 is 28.3 Å². The maximum absolute atomic E-state index is 12.2. The SMILES string of the molecule is CNC1CCCN(C(=O)CCOc2ccc(C)cc2Br)C1.Cl. The van der Waals surface area contributed by atoms with Crippen molar-refractivity contribution in [1.29, 1.82) is 0 Å². The maximum Gasteiger partial charge on any atom is 0.226 e. The fourth-order valence-corrected chi connectivity index (χ4v) is 3.18. The summed E-state index contributed by atoms with van der Waals surface area (Å²) in [5.41, 5.74) is 1.18. The van der Waals surface area contributed by atoms with E-state index in [-0.39, 0.29) is 18.3 Å². The van der Waals surface area contributed by atoms with Crippen LogP contribution < -0.4 is 10.1 Å². The Hall–Kier alpha value is -0.780. The van der Waals surface area contributed by atoms with E-state index in [1.54, 1.807) is 0 Å².